The van der Waals surface area contributed by atoms with Gasteiger partial charge in [-0.3, -0.25) is 13.9 Å². The highest BCUT2D eigenvalue weighted by Crippen LogP contribution is 2.44. The third-order valence-electron chi connectivity index (χ3n) is 4.92. The van der Waals surface area contributed by atoms with Gasteiger partial charge in [0.05, 0.1) is 4.90 Å². The van der Waals surface area contributed by atoms with Gasteiger partial charge in [0.25, 0.3) is 20.2 Å². The molecule has 0 amide bonds. The Morgan fingerprint density at radius 2 is 1.50 bits per heavy atom. The van der Waals surface area contributed by atoms with Gasteiger partial charge in [-0.05, 0) is 36.8 Å². The summed E-state index contributed by atoms with van der Waals surface area (Å²) >= 11 is 0. The maximum Gasteiger partial charge on any atom is 0.295 e. The van der Waals surface area contributed by atoms with Crippen LogP contribution in [0.5, 0.6) is 11.5 Å². The lowest BCUT2D eigenvalue weighted by molar-refractivity contribution is 0.467. The van der Waals surface area contributed by atoms with Crippen molar-refractivity contribution in [2.24, 2.45) is 0 Å². The average molecular weight is 478 g/mol. The molecule has 2 aromatic rings. The van der Waals surface area contributed by atoms with Gasteiger partial charge in [-0.15, -0.1) is 0 Å². The standard InChI is InChI=1S/C20H14O10S2/c1-9-4-12-17(7-14(9)21)30-18-8-16(23)15(22)6-13(18)20(12)11-3-2-10(31(24,25)26)5-19(11)32(27,28)29/h2-8,21-22H,1H3,(H,24,25,26)(H,27,28,29). The summed E-state index contributed by atoms with van der Waals surface area (Å²) in [5.41, 5.74) is -0.423. The zero-order valence-corrected chi connectivity index (χ0v) is 17.7. The summed E-state index contributed by atoms with van der Waals surface area (Å²) in [6.45, 7) is 1.56. The van der Waals surface area contributed by atoms with Gasteiger partial charge in [0.1, 0.15) is 22.0 Å². The highest BCUT2D eigenvalue weighted by Gasteiger charge is 2.27. The van der Waals surface area contributed by atoms with Crippen LogP contribution < -0.4 is 5.43 Å². The maximum absolute atomic E-state index is 12.1. The van der Waals surface area contributed by atoms with Crippen molar-refractivity contribution in [2.45, 2.75) is 16.7 Å². The number of phenols is 2. The minimum atomic E-state index is -5.02. The van der Waals surface area contributed by atoms with Crippen LogP contribution in [0, 0.1) is 6.92 Å². The molecule has 0 atom stereocenters. The van der Waals surface area contributed by atoms with Crippen molar-refractivity contribution in [1.29, 1.82) is 0 Å². The van der Waals surface area contributed by atoms with E-state index in [0.29, 0.717) is 11.6 Å². The first kappa shape index (κ1) is 21.8. The zero-order chi connectivity index (χ0) is 23.6. The van der Waals surface area contributed by atoms with E-state index in [-0.39, 0.29) is 39.2 Å². The molecule has 0 fully saturated rings. The lowest BCUT2D eigenvalue weighted by Gasteiger charge is -2.18. The number of aryl methyl sites for hydroxylation is 1. The van der Waals surface area contributed by atoms with Crippen molar-refractivity contribution >= 4 is 31.2 Å². The lowest BCUT2D eigenvalue weighted by atomic mass is 9.92. The second kappa shape index (κ2) is 7.03. The summed E-state index contributed by atoms with van der Waals surface area (Å²) in [6.07, 6.45) is 0. The van der Waals surface area contributed by atoms with Crippen LogP contribution in [-0.2, 0) is 20.2 Å². The molecule has 10 nitrogen and oxygen atoms in total. The number of rotatable bonds is 3. The first-order chi connectivity index (χ1) is 14.8. The predicted octanol–water partition coefficient (Wildman–Crippen LogP) is 2.78. The summed E-state index contributed by atoms with van der Waals surface area (Å²) < 4.78 is 72.1. The van der Waals surface area contributed by atoms with E-state index in [0.717, 1.165) is 24.3 Å². The Morgan fingerprint density at radius 3 is 2.12 bits per heavy atom. The molecule has 1 aliphatic carbocycles. The SMILES string of the molecule is Cc1cc2c(-c3ccc(S(=O)(=O)O)cc3S(=O)(=O)O)c3cc(O)c(=O)cc-3oc2cc1O. The van der Waals surface area contributed by atoms with E-state index in [1.807, 2.05) is 0 Å². The van der Waals surface area contributed by atoms with Crippen LogP contribution in [0.4, 0.5) is 0 Å². The Labute approximate surface area is 180 Å². The number of fused-ring (bicyclic) bond motifs is 2. The summed E-state index contributed by atoms with van der Waals surface area (Å²) in [4.78, 5) is 10.3. The molecule has 1 aliphatic heterocycles. The van der Waals surface area contributed by atoms with Gasteiger partial charge in [-0.1, -0.05) is 6.07 Å². The molecule has 0 saturated carbocycles. The van der Waals surface area contributed by atoms with E-state index in [4.69, 9.17) is 4.42 Å². The second-order valence-corrected chi connectivity index (χ2v) is 9.85. The first-order valence-corrected chi connectivity index (χ1v) is 11.7. The topological polar surface area (TPSA) is 179 Å². The molecule has 12 heteroatoms. The fourth-order valence-corrected chi connectivity index (χ4v) is 4.73. The predicted molar refractivity (Wildman–Crippen MR) is 112 cm³/mol. The molecule has 2 aromatic carbocycles. The van der Waals surface area contributed by atoms with Crippen molar-refractivity contribution < 1.29 is 40.6 Å². The van der Waals surface area contributed by atoms with Crippen molar-refractivity contribution in [2.75, 3.05) is 0 Å². The summed E-state index contributed by atoms with van der Waals surface area (Å²) in [5.74, 6) is -0.880. The maximum atomic E-state index is 12.1. The highest BCUT2D eigenvalue weighted by molar-refractivity contribution is 7.86. The van der Waals surface area contributed by atoms with Gasteiger partial charge >= 0.3 is 0 Å². The molecule has 0 saturated heterocycles. The van der Waals surface area contributed by atoms with Gasteiger partial charge in [-0.2, -0.15) is 16.8 Å². The van der Waals surface area contributed by atoms with E-state index in [9.17, 15) is 40.9 Å². The fourth-order valence-electron chi connectivity index (χ4n) is 3.42. The van der Waals surface area contributed by atoms with Gasteiger partial charge in [0.15, 0.2) is 5.75 Å². The molecule has 166 valence electrons. The average Bonchev–Trinajstić information content (AvgIpc) is 2.67. The van der Waals surface area contributed by atoms with Gasteiger partial charge in [-0.25, -0.2) is 0 Å². The van der Waals surface area contributed by atoms with Crippen molar-refractivity contribution in [3.8, 4) is 33.9 Å². The van der Waals surface area contributed by atoms with Crippen molar-refractivity contribution in [3.63, 3.8) is 0 Å². The molecule has 0 radical (unpaired) electrons. The minimum Gasteiger partial charge on any atom is -0.508 e. The van der Waals surface area contributed by atoms with Gasteiger partial charge < -0.3 is 14.6 Å². The van der Waals surface area contributed by atoms with Crippen LogP contribution in [0.15, 0.2) is 61.5 Å². The third-order valence-corrected chi connectivity index (χ3v) is 6.66. The molecule has 0 aromatic heterocycles. The van der Waals surface area contributed by atoms with E-state index >= 15 is 0 Å². The van der Waals surface area contributed by atoms with E-state index in [2.05, 4.69) is 0 Å². The molecule has 2 aliphatic rings. The number of hydrogen-bond donors (Lipinski definition) is 4. The van der Waals surface area contributed by atoms with Crippen LogP contribution in [0.3, 0.4) is 0 Å². The molecular weight excluding hydrogens is 464 g/mol. The molecule has 0 spiro atoms. The zero-order valence-electron chi connectivity index (χ0n) is 16.1. The van der Waals surface area contributed by atoms with Crippen LogP contribution in [0.2, 0.25) is 0 Å². The summed E-state index contributed by atoms with van der Waals surface area (Å²) in [6, 6.07) is 7.25. The Balaban J connectivity index is 2.27. The van der Waals surface area contributed by atoms with Crippen LogP contribution in [0.1, 0.15) is 5.56 Å². The number of aromatic hydroxyl groups is 2. The normalized spacial score (nSPS) is 12.5. The van der Waals surface area contributed by atoms with Gasteiger partial charge in [0.2, 0.25) is 5.43 Å². The number of benzene rings is 3. The van der Waals surface area contributed by atoms with E-state index < -0.39 is 41.2 Å². The molecule has 0 bridgehead atoms. The van der Waals surface area contributed by atoms with E-state index in [1.165, 1.54) is 12.1 Å². The molecular formula is C20H14O10S2. The Morgan fingerprint density at radius 1 is 0.812 bits per heavy atom. The third kappa shape index (κ3) is 3.58. The monoisotopic (exact) mass is 478 g/mol. The summed E-state index contributed by atoms with van der Waals surface area (Å²) in [5, 5.41) is 20.3. The quantitative estimate of drug-likeness (QED) is 0.253. The summed E-state index contributed by atoms with van der Waals surface area (Å²) in [7, 11) is -9.82. The molecule has 0 unspecified atom stereocenters. The second-order valence-electron chi connectivity index (χ2n) is 7.04. The lowest BCUT2D eigenvalue weighted by Crippen LogP contribution is -2.07. The van der Waals surface area contributed by atoms with Crippen molar-refractivity contribution in [3.05, 3.63) is 58.3 Å². The van der Waals surface area contributed by atoms with Crippen LogP contribution in [0.25, 0.3) is 33.4 Å². The fraction of sp³-hybridized carbons (Fsp3) is 0.0500. The molecule has 4 rings (SSSR count). The Kier molecular flexibility index (Phi) is 4.78. The Hall–Kier alpha value is -3.45. The van der Waals surface area contributed by atoms with E-state index in [1.54, 1.807) is 6.92 Å². The Bertz CT molecular complexity index is 1670. The number of hydrogen-bond acceptors (Lipinski definition) is 8. The largest absolute Gasteiger partial charge is 0.508 e. The van der Waals surface area contributed by atoms with Crippen molar-refractivity contribution in [1.82, 2.24) is 0 Å². The smallest absolute Gasteiger partial charge is 0.295 e. The van der Waals surface area contributed by atoms with Crippen LogP contribution >= 0.6 is 0 Å². The highest BCUT2D eigenvalue weighted by atomic mass is 32.2. The van der Waals surface area contributed by atoms with Crippen LogP contribution in [-0.4, -0.2) is 36.2 Å². The molecule has 4 N–H and O–H groups in total. The van der Waals surface area contributed by atoms with Gasteiger partial charge in [0, 0.05) is 34.2 Å². The first-order valence-electron chi connectivity index (χ1n) is 8.80. The molecule has 32 heavy (non-hydrogen) atoms. The number of phenolic OH excluding ortho intramolecular Hbond substituents is 2. The molecule has 1 heterocycles. The minimum absolute atomic E-state index is 0.0424.